The number of amides is 1. The van der Waals surface area contributed by atoms with E-state index in [2.05, 4.69) is 11.4 Å². The molecule has 1 aromatic heterocycles. The molecule has 0 fully saturated rings. The lowest BCUT2D eigenvalue weighted by molar-refractivity contribution is -0.130. The first-order chi connectivity index (χ1) is 15.1. The van der Waals surface area contributed by atoms with Gasteiger partial charge in [0.05, 0.1) is 6.04 Å². The molecule has 1 aliphatic rings. The Morgan fingerprint density at radius 2 is 1.84 bits per heavy atom. The largest absolute Gasteiger partial charge is 0.486 e. The molecular formula is C25H25NO5. The average molecular weight is 419 g/mol. The molecular weight excluding hydrogens is 394 g/mol. The fourth-order valence-electron chi connectivity index (χ4n) is 3.70. The van der Waals surface area contributed by atoms with Crippen LogP contribution in [0, 0.1) is 0 Å². The van der Waals surface area contributed by atoms with Gasteiger partial charge in [-0.25, -0.2) is 4.79 Å². The van der Waals surface area contributed by atoms with Gasteiger partial charge >= 0.3 is 5.97 Å². The zero-order valence-corrected chi connectivity index (χ0v) is 17.4. The van der Waals surface area contributed by atoms with Crippen LogP contribution in [0.1, 0.15) is 53.2 Å². The number of ether oxygens (including phenoxy) is 2. The van der Waals surface area contributed by atoms with Crippen molar-refractivity contribution in [1.82, 2.24) is 5.32 Å². The van der Waals surface area contributed by atoms with Crippen molar-refractivity contribution in [3.63, 3.8) is 0 Å². The Morgan fingerprint density at radius 1 is 1.06 bits per heavy atom. The van der Waals surface area contributed by atoms with E-state index in [1.165, 1.54) is 11.6 Å². The van der Waals surface area contributed by atoms with Gasteiger partial charge in [0, 0.05) is 0 Å². The summed E-state index contributed by atoms with van der Waals surface area (Å²) in [6.45, 7) is 1.75. The van der Waals surface area contributed by atoms with E-state index in [1.807, 2.05) is 48.5 Å². The Labute approximate surface area is 181 Å². The maximum absolute atomic E-state index is 12.6. The van der Waals surface area contributed by atoms with Crippen molar-refractivity contribution >= 4 is 11.9 Å². The molecule has 2 atom stereocenters. The third-order valence-corrected chi connectivity index (χ3v) is 5.33. The normalized spacial score (nSPS) is 16.1. The van der Waals surface area contributed by atoms with Gasteiger partial charge in [-0.15, -0.1) is 0 Å². The molecule has 0 radical (unpaired) electrons. The lowest BCUT2D eigenvalue weighted by Gasteiger charge is -2.27. The summed E-state index contributed by atoms with van der Waals surface area (Å²) in [5.74, 6) is 0.227. The van der Waals surface area contributed by atoms with Crippen molar-refractivity contribution in [1.29, 1.82) is 0 Å². The molecule has 1 aliphatic carbocycles. The van der Waals surface area contributed by atoms with Gasteiger partial charge in [-0.3, -0.25) is 4.79 Å². The van der Waals surface area contributed by atoms with E-state index in [1.54, 1.807) is 13.0 Å². The van der Waals surface area contributed by atoms with Crippen LogP contribution in [-0.2, 0) is 22.6 Å². The van der Waals surface area contributed by atoms with Crippen LogP contribution in [0.4, 0.5) is 0 Å². The standard InChI is InChI=1S/C25H25NO5/c1-17(24(27)26-22-13-7-9-18-8-5-6-12-21(18)22)30-25(28)23-15-14-20(31-23)16-29-19-10-3-2-4-11-19/h2-6,8,10-12,14-15,17,22H,7,9,13,16H2,1H3,(H,26,27)/t17-,22-/m1/s1. The zero-order chi connectivity index (χ0) is 21.6. The average Bonchev–Trinajstić information content (AvgIpc) is 3.28. The van der Waals surface area contributed by atoms with Crippen LogP contribution >= 0.6 is 0 Å². The first-order valence-corrected chi connectivity index (χ1v) is 10.5. The van der Waals surface area contributed by atoms with Gasteiger partial charge in [0.25, 0.3) is 5.91 Å². The van der Waals surface area contributed by atoms with E-state index in [4.69, 9.17) is 13.9 Å². The number of esters is 1. The fraction of sp³-hybridized carbons (Fsp3) is 0.280. The summed E-state index contributed by atoms with van der Waals surface area (Å²) in [6.07, 6.45) is 1.96. The van der Waals surface area contributed by atoms with E-state index in [0.29, 0.717) is 11.5 Å². The van der Waals surface area contributed by atoms with Crippen LogP contribution in [0.5, 0.6) is 5.75 Å². The number of carbonyl (C=O) groups is 2. The summed E-state index contributed by atoms with van der Waals surface area (Å²) in [7, 11) is 0. The van der Waals surface area contributed by atoms with Gasteiger partial charge in [0.1, 0.15) is 18.1 Å². The van der Waals surface area contributed by atoms with Crippen LogP contribution in [0.15, 0.2) is 71.1 Å². The predicted octanol–water partition coefficient (Wildman–Crippen LogP) is 4.60. The fourth-order valence-corrected chi connectivity index (χ4v) is 3.70. The highest BCUT2D eigenvalue weighted by molar-refractivity contribution is 5.90. The lowest BCUT2D eigenvalue weighted by atomic mass is 9.87. The molecule has 0 spiro atoms. The number of nitrogens with one attached hydrogen (secondary N) is 1. The maximum Gasteiger partial charge on any atom is 0.375 e. The molecule has 31 heavy (non-hydrogen) atoms. The van der Waals surface area contributed by atoms with Crippen molar-refractivity contribution in [2.75, 3.05) is 0 Å². The maximum atomic E-state index is 12.6. The number of fused-ring (bicyclic) bond motifs is 1. The molecule has 1 amide bonds. The molecule has 1 heterocycles. The minimum absolute atomic E-state index is 0.0364. The second-order valence-electron chi connectivity index (χ2n) is 7.57. The molecule has 160 valence electrons. The molecule has 6 heteroatoms. The summed E-state index contributed by atoms with van der Waals surface area (Å²) in [6, 6.07) is 20.5. The summed E-state index contributed by atoms with van der Waals surface area (Å²) >= 11 is 0. The smallest absolute Gasteiger partial charge is 0.375 e. The quantitative estimate of drug-likeness (QED) is 0.567. The molecule has 1 N–H and O–H groups in total. The minimum Gasteiger partial charge on any atom is -0.486 e. The molecule has 2 aromatic carbocycles. The Kier molecular flexibility index (Phi) is 6.36. The van der Waals surface area contributed by atoms with Crippen LogP contribution in [-0.4, -0.2) is 18.0 Å². The number of rotatable bonds is 7. The lowest BCUT2D eigenvalue weighted by Crippen LogP contribution is -2.39. The highest BCUT2D eigenvalue weighted by Gasteiger charge is 2.26. The number of hydrogen-bond acceptors (Lipinski definition) is 5. The molecule has 0 saturated heterocycles. The van der Waals surface area contributed by atoms with E-state index in [9.17, 15) is 9.59 Å². The Balaban J connectivity index is 1.30. The first-order valence-electron chi connectivity index (χ1n) is 10.5. The van der Waals surface area contributed by atoms with Crippen molar-refractivity contribution in [3.05, 3.63) is 89.4 Å². The number of benzene rings is 2. The van der Waals surface area contributed by atoms with Gasteiger partial charge < -0.3 is 19.2 Å². The van der Waals surface area contributed by atoms with Crippen molar-refractivity contribution < 1.29 is 23.5 Å². The predicted molar refractivity (Wildman–Crippen MR) is 115 cm³/mol. The Hall–Kier alpha value is -3.54. The third-order valence-electron chi connectivity index (χ3n) is 5.33. The number of para-hydroxylation sites is 1. The summed E-state index contributed by atoms with van der Waals surface area (Å²) < 4.78 is 16.4. The summed E-state index contributed by atoms with van der Waals surface area (Å²) in [5, 5.41) is 3.01. The molecule has 0 aliphatic heterocycles. The molecule has 0 unspecified atom stereocenters. The topological polar surface area (TPSA) is 77.8 Å². The monoisotopic (exact) mass is 419 g/mol. The highest BCUT2D eigenvalue weighted by Crippen LogP contribution is 2.29. The molecule has 6 nitrogen and oxygen atoms in total. The van der Waals surface area contributed by atoms with Gasteiger partial charge in [0.2, 0.25) is 5.76 Å². The van der Waals surface area contributed by atoms with Gasteiger partial charge in [0.15, 0.2) is 6.10 Å². The number of hydrogen-bond donors (Lipinski definition) is 1. The molecule has 0 saturated carbocycles. The number of carbonyl (C=O) groups excluding carboxylic acids is 2. The van der Waals surface area contributed by atoms with Crippen molar-refractivity contribution in [3.8, 4) is 5.75 Å². The Bertz CT molecular complexity index is 1040. The minimum atomic E-state index is -0.935. The van der Waals surface area contributed by atoms with E-state index < -0.39 is 12.1 Å². The second-order valence-corrected chi connectivity index (χ2v) is 7.57. The van der Waals surface area contributed by atoms with Gasteiger partial charge in [-0.05, 0) is 61.6 Å². The zero-order valence-electron chi connectivity index (χ0n) is 17.4. The number of aryl methyl sites for hydroxylation is 1. The van der Waals surface area contributed by atoms with Crippen molar-refractivity contribution in [2.45, 2.75) is 44.9 Å². The first kappa shape index (κ1) is 20.7. The Morgan fingerprint density at radius 3 is 2.68 bits per heavy atom. The molecule has 4 rings (SSSR count). The molecule has 3 aromatic rings. The van der Waals surface area contributed by atoms with Crippen LogP contribution in [0.3, 0.4) is 0 Å². The number of furan rings is 1. The van der Waals surface area contributed by atoms with Crippen LogP contribution in [0.2, 0.25) is 0 Å². The van der Waals surface area contributed by atoms with E-state index in [0.717, 1.165) is 24.8 Å². The highest BCUT2D eigenvalue weighted by atomic mass is 16.6. The van der Waals surface area contributed by atoms with Crippen LogP contribution in [0.25, 0.3) is 0 Å². The third kappa shape index (κ3) is 5.15. The van der Waals surface area contributed by atoms with Gasteiger partial charge in [-0.2, -0.15) is 0 Å². The second kappa shape index (κ2) is 9.51. The van der Waals surface area contributed by atoms with Crippen LogP contribution < -0.4 is 10.1 Å². The van der Waals surface area contributed by atoms with E-state index >= 15 is 0 Å². The summed E-state index contributed by atoms with van der Waals surface area (Å²) in [4.78, 5) is 25.0. The van der Waals surface area contributed by atoms with E-state index in [-0.39, 0.29) is 24.3 Å². The SMILES string of the molecule is C[C@@H](OC(=O)c1ccc(COc2ccccc2)o1)C(=O)N[C@@H]1CCCc2ccccc21. The molecule has 0 bridgehead atoms. The van der Waals surface area contributed by atoms with Gasteiger partial charge in [-0.1, -0.05) is 42.5 Å². The summed E-state index contributed by atoms with van der Waals surface area (Å²) in [5.41, 5.74) is 2.39. The van der Waals surface area contributed by atoms with Crippen molar-refractivity contribution in [2.24, 2.45) is 0 Å².